The van der Waals surface area contributed by atoms with Crippen molar-refractivity contribution in [2.75, 3.05) is 25.0 Å². The lowest BCUT2D eigenvalue weighted by atomic mass is 10.1. The van der Waals surface area contributed by atoms with Gasteiger partial charge < -0.3 is 10.1 Å². The van der Waals surface area contributed by atoms with Crippen molar-refractivity contribution in [2.45, 2.75) is 31.7 Å². The average molecular weight is 247 g/mol. The van der Waals surface area contributed by atoms with E-state index in [2.05, 4.69) is 15.2 Å². The van der Waals surface area contributed by atoms with Crippen molar-refractivity contribution in [3.05, 3.63) is 24.4 Å². The van der Waals surface area contributed by atoms with Crippen LogP contribution in [0.25, 0.3) is 0 Å². The number of aldehydes is 1. The van der Waals surface area contributed by atoms with Gasteiger partial charge in [0, 0.05) is 12.7 Å². The van der Waals surface area contributed by atoms with E-state index >= 15 is 0 Å². The second kappa shape index (κ2) is 7.11. The van der Waals surface area contributed by atoms with Crippen LogP contribution in [-0.4, -0.2) is 41.8 Å². The smallest absolute Gasteiger partial charge is 0.137 e. The largest absolute Gasteiger partial charge is 0.370 e. The normalized spacial score (nSPS) is 18.2. The topological polar surface area (TPSA) is 45.2 Å². The summed E-state index contributed by atoms with van der Waals surface area (Å²) in [7, 11) is 0. The molecule has 0 aromatic carbocycles. The summed E-state index contributed by atoms with van der Waals surface area (Å²) in [4.78, 5) is 17.7. The number of likely N-dealkylation sites (tertiary alicyclic amines) is 1. The molecule has 1 unspecified atom stereocenters. The van der Waals surface area contributed by atoms with Gasteiger partial charge in [-0.25, -0.2) is 4.98 Å². The zero-order valence-electron chi connectivity index (χ0n) is 10.7. The van der Waals surface area contributed by atoms with E-state index in [4.69, 9.17) is 0 Å². The standard InChI is InChI=1S/C14H21N3O/c18-12-13(17-10-4-1-5-11-17)7-9-16-14-6-2-3-8-15-14/h2-3,6,8,12-13H,1,4-5,7,9-11H2,(H,15,16). The molecule has 0 saturated carbocycles. The van der Waals surface area contributed by atoms with Gasteiger partial charge in [0.2, 0.25) is 0 Å². The Bertz CT molecular complexity index is 349. The highest BCUT2D eigenvalue weighted by molar-refractivity contribution is 5.57. The maximum atomic E-state index is 11.2. The lowest BCUT2D eigenvalue weighted by Gasteiger charge is -2.31. The zero-order valence-corrected chi connectivity index (χ0v) is 10.7. The molecule has 1 atom stereocenters. The van der Waals surface area contributed by atoms with Crippen LogP contribution in [0, 0.1) is 0 Å². The third kappa shape index (κ3) is 3.81. The minimum absolute atomic E-state index is 0.0570. The van der Waals surface area contributed by atoms with Crippen LogP contribution in [-0.2, 0) is 4.79 Å². The Morgan fingerprint density at radius 3 is 2.83 bits per heavy atom. The molecule has 0 spiro atoms. The molecule has 0 radical (unpaired) electrons. The number of nitrogens with one attached hydrogen (secondary N) is 1. The van der Waals surface area contributed by atoms with Crippen molar-refractivity contribution in [3.63, 3.8) is 0 Å². The molecule has 1 aliphatic heterocycles. The number of hydrogen-bond acceptors (Lipinski definition) is 4. The summed E-state index contributed by atoms with van der Waals surface area (Å²) >= 11 is 0. The maximum absolute atomic E-state index is 11.2. The first-order chi connectivity index (χ1) is 8.90. The number of nitrogens with zero attached hydrogens (tertiary/aromatic N) is 2. The Kier molecular flexibility index (Phi) is 5.15. The van der Waals surface area contributed by atoms with Gasteiger partial charge in [-0.15, -0.1) is 0 Å². The monoisotopic (exact) mass is 247 g/mol. The first-order valence-electron chi connectivity index (χ1n) is 6.74. The predicted octanol–water partition coefficient (Wildman–Crippen LogP) is 1.94. The minimum Gasteiger partial charge on any atom is -0.370 e. The number of anilines is 1. The van der Waals surface area contributed by atoms with E-state index in [1.165, 1.54) is 19.3 Å². The Morgan fingerprint density at radius 1 is 1.33 bits per heavy atom. The van der Waals surface area contributed by atoms with Crippen LogP contribution in [0.15, 0.2) is 24.4 Å². The van der Waals surface area contributed by atoms with E-state index in [1.54, 1.807) is 6.20 Å². The van der Waals surface area contributed by atoms with Crippen LogP contribution in [0.4, 0.5) is 5.82 Å². The molecule has 2 heterocycles. The molecule has 1 fully saturated rings. The van der Waals surface area contributed by atoms with E-state index in [9.17, 15) is 4.79 Å². The van der Waals surface area contributed by atoms with Gasteiger partial charge in [-0.2, -0.15) is 0 Å². The second-order valence-electron chi connectivity index (χ2n) is 4.73. The number of carbonyl (C=O) groups excluding carboxylic acids is 1. The third-order valence-electron chi connectivity index (χ3n) is 3.43. The number of pyridine rings is 1. The fraction of sp³-hybridized carbons (Fsp3) is 0.571. The zero-order chi connectivity index (χ0) is 12.6. The highest BCUT2D eigenvalue weighted by Crippen LogP contribution is 2.13. The summed E-state index contributed by atoms with van der Waals surface area (Å²) in [6.45, 7) is 2.91. The first-order valence-corrected chi connectivity index (χ1v) is 6.74. The van der Waals surface area contributed by atoms with Gasteiger partial charge in [-0.1, -0.05) is 12.5 Å². The maximum Gasteiger partial charge on any atom is 0.137 e. The minimum atomic E-state index is 0.0570. The molecule has 1 saturated heterocycles. The fourth-order valence-electron chi connectivity index (χ4n) is 2.40. The van der Waals surface area contributed by atoms with Gasteiger partial charge in [0.25, 0.3) is 0 Å². The van der Waals surface area contributed by atoms with Gasteiger partial charge in [0.1, 0.15) is 12.1 Å². The summed E-state index contributed by atoms with van der Waals surface area (Å²) in [5.74, 6) is 0.876. The molecule has 18 heavy (non-hydrogen) atoms. The number of carbonyl (C=O) groups is 1. The molecule has 1 aliphatic rings. The van der Waals surface area contributed by atoms with Crippen molar-refractivity contribution in [2.24, 2.45) is 0 Å². The first kappa shape index (κ1) is 13.0. The van der Waals surface area contributed by atoms with Gasteiger partial charge in [0.05, 0.1) is 6.04 Å². The average Bonchev–Trinajstić information content (AvgIpc) is 2.46. The van der Waals surface area contributed by atoms with Gasteiger partial charge in [-0.05, 0) is 44.5 Å². The number of aromatic nitrogens is 1. The lowest BCUT2D eigenvalue weighted by Crippen LogP contribution is -2.41. The highest BCUT2D eigenvalue weighted by Gasteiger charge is 2.19. The quantitative estimate of drug-likeness (QED) is 0.780. The molecule has 1 N–H and O–H groups in total. The molecule has 0 bridgehead atoms. The van der Waals surface area contributed by atoms with Gasteiger partial charge in [-0.3, -0.25) is 4.90 Å². The van der Waals surface area contributed by atoms with Gasteiger partial charge >= 0.3 is 0 Å². The van der Waals surface area contributed by atoms with Crippen LogP contribution >= 0.6 is 0 Å². The van der Waals surface area contributed by atoms with Crippen molar-refractivity contribution in [3.8, 4) is 0 Å². The summed E-state index contributed by atoms with van der Waals surface area (Å²) in [5, 5.41) is 3.25. The van der Waals surface area contributed by atoms with Crippen molar-refractivity contribution < 1.29 is 4.79 Å². The van der Waals surface area contributed by atoms with Crippen molar-refractivity contribution in [1.29, 1.82) is 0 Å². The highest BCUT2D eigenvalue weighted by atomic mass is 16.1. The summed E-state index contributed by atoms with van der Waals surface area (Å²) in [6, 6.07) is 5.85. The van der Waals surface area contributed by atoms with Crippen LogP contribution in [0.5, 0.6) is 0 Å². The molecule has 2 rings (SSSR count). The molecule has 4 nitrogen and oxygen atoms in total. The van der Waals surface area contributed by atoms with E-state index in [-0.39, 0.29) is 6.04 Å². The number of hydrogen-bond donors (Lipinski definition) is 1. The van der Waals surface area contributed by atoms with E-state index in [1.807, 2.05) is 18.2 Å². The summed E-state index contributed by atoms with van der Waals surface area (Å²) < 4.78 is 0. The lowest BCUT2D eigenvalue weighted by molar-refractivity contribution is -0.112. The fourth-order valence-corrected chi connectivity index (χ4v) is 2.40. The van der Waals surface area contributed by atoms with E-state index in [0.29, 0.717) is 0 Å². The van der Waals surface area contributed by atoms with E-state index < -0.39 is 0 Å². The molecule has 0 aliphatic carbocycles. The molecular weight excluding hydrogens is 226 g/mol. The Balaban J connectivity index is 1.75. The van der Waals surface area contributed by atoms with Crippen LogP contribution < -0.4 is 5.32 Å². The predicted molar refractivity (Wildman–Crippen MR) is 72.6 cm³/mol. The summed E-state index contributed by atoms with van der Waals surface area (Å²) in [5.41, 5.74) is 0. The number of rotatable bonds is 6. The van der Waals surface area contributed by atoms with E-state index in [0.717, 1.165) is 38.2 Å². The third-order valence-corrected chi connectivity index (χ3v) is 3.43. The van der Waals surface area contributed by atoms with Crippen molar-refractivity contribution in [1.82, 2.24) is 9.88 Å². The molecule has 4 heteroatoms. The molecule has 98 valence electrons. The Morgan fingerprint density at radius 2 is 2.17 bits per heavy atom. The Labute approximate surface area is 108 Å². The van der Waals surface area contributed by atoms with Crippen LogP contribution in [0.2, 0.25) is 0 Å². The van der Waals surface area contributed by atoms with Crippen LogP contribution in [0.3, 0.4) is 0 Å². The number of piperidine rings is 1. The molecule has 0 amide bonds. The summed E-state index contributed by atoms with van der Waals surface area (Å²) in [6.07, 6.45) is 7.44. The second-order valence-corrected chi connectivity index (χ2v) is 4.73. The SMILES string of the molecule is O=CC(CCNc1ccccn1)N1CCCCC1. The molecular formula is C14H21N3O. The Hall–Kier alpha value is -1.42. The molecule has 1 aromatic rings. The van der Waals surface area contributed by atoms with Crippen LogP contribution in [0.1, 0.15) is 25.7 Å². The van der Waals surface area contributed by atoms with Crippen molar-refractivity contribution >= 4 is 12.1 Å². The van der Waals surface area contributed by atoms with Gasteiger partial charge in [0.15, 0.2) is 0 Å². The molecule has 1 aromatic heterocycles.